The standard InChI is InChI=1S/C52H70N6/c1-5-9-13-17-21-37-33-49-45-29-30-46(57-45)50-35-39(23-19-15-11-7-3)43(55-50)27-28-44-40(24-20-16-12-8-4)36-52(56-44)48-32-31-47(58-48)51-34-38(22-18-14-10-6-2)42(54-51)26-25-41(37)53-49/h25-36,53-58H,5-24H2,1-4H3/b26-25?,28-27?,41-25-,42-26-,43-27-,44-28-,49-45-,50-46-,51-47-,52-48-. The molecule has 6 aromatic rings. The molecule has 1 aliphatic rings. The number of nitrogens with one attached hydrogen (secondary N) is 6. The van der Waals surface area contributed by atoms with Crippen LogP contribution in [0.2, 0.25) is 0 Å². The van der Waals surface area contributed by atoms with E-state index in [1.807, 2.05) is 0 Å². The SMILES string of the molecule is CCCCCCc1c/c2[nH]/c1=C\C=c1/[nH]/c(cc1CCCCCC)=c1/cc/c([nH]1)=c1\cc(CCCCCC)/c([nH]1)=C/C=c1\[nH]/c(cc1CCCCCC)=c1/cc/c=2[nH]1. The highest BCUT2D eigenvalue weighted by molar-refractivity contribution is 5.61. The Hall–Kier alpha value is -4.84. The summed E-state index contributed by atoms with van der Waals surface area (Å²) in [5, 5.41) is 13.9. The number of aryl methyl sites for hydroxylation is 4. The first kappa shape index (κ1) is 41.3. The lowest BCUT2D eigenvalue weighted by Gasteiger charge is -1.98. The van der Waals surface area contributed by atoms with E-state index in [0.717, 1.165) is 68.5 Å². The maximum Gasteiger partial charge on any atom is 0.0627 e. The van der Waals surface area contributed by atoms with Gasteiger partial charge in [0.2, 0.25) is 0 Å². The second-order valence-corrected chi connectivity index (χ2v) is 17.0. The van der Waals surface area contributed by atoms with Gasteiger partial charge in [-0.1, -0.05) is 105 Å². The number of hydrogen-bond donors (Lipinski definition) is 6. The highest BCUT2D eigenvalue weighted by Gasteiger charge is 2.06. The predicted octanol–water partition coefficient (Wildman–Crippen LogP) is 10.1. The van der Waals surface area contributed by atoms with E-state index in [0.29, 0.717) is 0 Å². The molecule has 0 saturated heterocycles. The van der Waals surface area contributed by atoms with E-state index in [9.17, 15) is 0 Å². The highest BCUT2D eigenvalue weighted by Crippen LogP contribution is 2.11. The number of aromatic amines is 6. The van der Waals surface area contributed by atoms with Crippen molar-refractivity contribution >= 4 is 24.3 Å². The molecular weight excluding hydrogens is 709 g/mol. The van der Waals surface area contributed by atoms with Crippen molar-refractivity contribution in [3.05, 3.63) is 135 Å². The molecule has 0 amide bonds. The first-order valence-corrected chi connectivity index (χ1v) is 23.2. The Morgan fingerprint density at radius 1 is 0.276 bits per heavy atom. The lowest BCUT2D eigenvalue weighted by atomic mass is 10.1. The van der Waals surface area contributed by atoms with Gasteiger partial charge in [0.25, 0.3) is 0 Å². The first-order valence-electron chi connectivity index (χ1n) is 23.2. The molecular formula is C52H70N6. The molecule has 0 unspecified atom stereocenters. The van der Waals surface area contributed by atoms with Crippen LogP contribution < -0.4 is 21.4 Å². The molecule has 0 radical (unpaired) electrons. The van der Waals surface area contributed by atoms with Crippen LogP contribution in [-0.4, -0.2) is 29.9 Å². The minimum Gasteiger partial charge on any atom is -0.354 e. The topological polar surface area (TPSA) is 94.7 Å². The zero-order valence-corrected chi connectivity index (χ0v) is 36.1. The third-order valence-electron chi connectivity index (χ3n) is 12.3. The summed E-state index contributed by atoms with van der Waals surface area (Å²) < 4.78 is 0. The molecule has 7 rings (SSSR count). The summed E-state index contributed by atoms with van der Waals surface area (Å²) in [6.45, 7) is 9.16. The van der Waals surface area contributed by atoms with E-state index in [1.165, 1.54) is 146 Å². The molecule has 308 valence electrons. The summed E-state index contributed by atoms with van der Waals surface area (Å²) in [6, 6.07) is 18.5. The van der Waals surface area contributed by atoms with Crippen molar-refractivity contribution in [3.8, 4) is 0 Å². The Labute approximate surface area is 344 Å². The Morgan fingerprint density at radius 2 is 0.517 bits per heavy atom. The monoisotopic (exact) mass is 779 g/mol. The average molecular weight is 779 g/mol. The van der Waals surface area contributed by atoms with Gasteiger partial charge in [-0.25, -0.2) is 0 Å². The van der Waals surface area contributed by atoms with Crippen molar-refractivity contribution < 1.29 is 0 Å². The molecule has 0 saturated carbocycles. The second-order valence-electron chi connectivity index (χ2n) is 17.0. The van der Waals surface area contributed by atoms with E-state index >= 15 is 0 Å². The van der Waals surface area contributed by atoms with Crippen molar-refractivity contribution in [1.29, 1.82) is 0 Å². The Bertz CT molecular complexity index is 2480. The van der Waals surface area contributed by atoms with Crippen molar-refractivity contribution in [2.45, 2.75) is 156 Å². The van der Waals surface area contributed by atoms with Crippen molar-refractivity contribution in [3.63, 3.8) is 0 Å². The molecule has 0 aromatic carbocycles. The Kier molecular flexibility index (Phi) is 14.8. The van der Waals surface area contributed by atoms with Crippen LogP contribution in [0.4, 0.5) is 0 Å². The van der Waals surface area contributed by atoms with Crippen molar-refractivity contribution in [2.24, 2.45) is 0 Å². The molecule has 7 heterocycles. The number of rotatable bonds is 20. The number of unbranched alkanes of at least 4 members (excludes halogenated alkanes) is 12. The summed E-state index contributed by atoms with van der Waals surface area (Å²) in [4.78, 5) is 23.0. The fraction of sp³-hybridized carbons (Fsp3) is 0.462. The van der Waals surface area contributed by atoms with Crippen LogP contribution in [0.5, 0.6) is 0 Å². The van der Waals surface area contributed by atoms with E-state index in [-0.39, 0.29) is 0 Å². The molecule has 0 atom stereocenters. The lowest BCUT2D eigenvalue weighted by molar-refractivity contribution is 0.666. The van der Waals surface area contributed by atoms with Gasteiger partial charge < -0.3 is 29.9 Å². The van der Waals surface area contributed by atoms with Crippen LogP contribution in [0.15, 0.2) is 48.5 Å². The van der Waals surface area contributed by atoms with Gasteiger partial charge in [-0.05, 0) is 146 Å². The Morgan fingerprint density at radius 3 is 0.741 bits per heavy atom. The van der Waals surface area contributed by atoms with Crippen LogP contribution in [0.1, 0.15) is 153 Å². The largest absolute Gasteiger partial charge is 0.354 e. The quantitative estimate of drug-likeness (QED) is 0.0417. The van der Waals surface area contributed by atoms with Crippen LogP contribution in [0.3, 0.4) is 0 Å². The summed E-state index contributed by atoms with van der Waals surface area (Å²) in [5.74, 6) is 0. The van der Waals surface area contributed by atoms with Gasteiger partial charge in [-0.2, -0.15) is 0 Å². The lowest BCUT2D eigenvalue weighted by Crippen LogP contribution is -2.11. The molecule has 0 spiro atoms. The molecule has 1 aliphatic heterocycles. The first-order chi connectivity index (χ1) is 28.6. The molecule has 0 aliphatic carbocycles. The average Bonchev–Trinajstić information content (AvgIpc) is 4.09. The minimum absolute atomic E-state index is 1.07. The summed E-state index contributed by atoms with van der Waals surface area (Å²) in [6.07, 6.45) is 33.6. The zero-order valence-electron chi connectivity index (χ0n) is 36.1. The van der Waals surface area contributed by atoms with Gasteiger partial charge in [-0.15, -0.1) is 0 Å². The second kappa shape index (κ2) is 20.7. The summed E-state index contributed by atoms with van der Waals surface area (Å²) in [5.41, 5.74) is 5.55. The number of fused-ring (bicyclic) bond motifs is 12. The molecule has 58 heavy (non-hydrogen) atoms. The van der Waals surface area contributed by atoms with Gasteiger partial charge in [0.1, 0.15) is 0 Å². The fourth-order valence-electron chi connectivity index (χ4n) is 8.78. The Balaban J connectivity index is 1.48. The van der Waals surface area contributed by atoms with E-state index in [2.05, 4.69) is 130 Å². The van der Waals surface area contributed by atoms with Crippen molar-refractivity contribution in [2.75, 3.05) is 0 Å². The van der Waals surface area contributed by atoms with Crippen LogP contribution >= 0.6 is 0 Å². The van der Waals surface area contributed by atoms with E-state index in [4.69, 9.17) is 0 Å². The fourth-order valence-corrected chi connectivity index (χ4v) is 8.78. The van der Waals surface area contributed by atoms with Crippen LogP contribution in [0.25, 0.3) is 24.3 Å². The number of hydrogen-bond acceptors (Lipinski definition) is 0. The van der Waals surface area contributed by atoms with Gasteiger partial charge >= 0.3 is 0 Å². The van der Waals surface area contributed by atoms with Crippen LogP contribution in [0, 0.1) is 42.8 Å². The van der Waals surface area contributed by atoms with Gasteiger partial charge in [0.05, 0.1) is 42.8 Å². The predicted molar refractivity (Wildman–Crippen MR) is 243 cm³/mol. The smallest absolute Gasteiger partial charge is 0.0627 e. The molecule has 6 nitrogen and oxygen atoms in total. The molecule has 6 aromatic heterocycles. The molecule has 12 bridgehead atoms. The number of aromatic nitrogens is 6. The molecule has 6 N–H and O–H groups in total. The summed E-state index contributed by atoms with van der Waals surface area (Å²) >= 11 is 0. The van der Waals surface area contributed by atoms with Gasteiger partial charge in [-0.3, -0.25) is 0 Å². The van der Waals surface area contributed by atoms with E-state index in [1.54, 1.807) is 0 Å². The third kappa shape index (κ3) is 10.4. The van der Waals surface area contributed by atoms with Gasteiger partial charge in [0, 0.05) is 21.4 Å². The van der Waals surface area contributed by atoms with Crippen molar-refractivity contribution in [1.82, 2.24) is 29.9 Å². The maximum atomic E-state index is 3.85. The maximum absolute atomic E-state index is 3.85. The normalized spacial score (nSPS) is 17.2. The van der Waals surface area contributed by atoms with E-state index < -0.39 is 0 Å². The highest BCUT2D eigenvalue weighted by atomic mass is 14.8. The minimum atomic E-state index is 1.07. The molecule has 0 fully saturated rings. The number of H-pyrrole nitrogens is 6. The zero-order chi connectivity index (χ0) is 40.1. The van der Waals surface area contributed by atoms with Gasteiger partial charge in [0.15, 0.2) is 0 Å². The summed E-state index contributed by atoms with van der Waals surface area (Å²) in [7, 11) is 0. The van der Waals surface area contributed by atoms with Crippen LogP contribution in [-0.2, 0) is 25.7 Å². The third-order valence-corrected chi connectivity index (χ3v) is 12.3. The molecule has 6 heteroatoms.